The van der Waals surface area contributed by atoms with Crippen LogP contribution >= 0.6 is 0 Å². The molecule has 2 aliphatic rings. The molecule has 1 saturated heterocycles. The minimum Gasteiger partial charge on any atom is -0.452 e. The summed E-state index contributed by atoms with van der Waals surface area (Å²) >= 11 is 0. The Morgan fingerprint density at radius 3 is 1.95 bits per heavy atom. The van der Waals surface area contributed by atoms with Crippen molar-refractivity contribution in [3.05, 3.63) is 72.6 Å². The molecule has 4 aromatic rings. The van der Waals surface area contributed by atoms with Crippen LogP contribution in [-0.2, 0) is 19.1 Å². The zero-order valence-corrected chi connectivity index (χ0v) is 32.5. The molecule has 5 N–H and O–H groups in total. The summed E-state index contributed by atoms with van der Waals surface area (Å²) < 4.78 is 9.70. The molecule has 0 spiro atoms. The maximum Gasteiger partial charge on any atom is 0.425 e. The largest absolute Gasteiger partial charge is 0.452 e. The summed E-state index contributed by atoms with van der Waals surface area (Å²) in [5, 5.41) is 14.3. The lowest BCUT2D eigenvalue weighted by Gasteiger charge is -2.35. The summed E-state index contributed by atoms with van der Waals surface area (Å²) in [5.74, 6) is 0.873. The molecule has 14 nitrogen and oxygen atoms in total. The Morgan fingerprint density at radius 2 is 1.38 bits per heavy atom. The molecule has 2 unspecified atom stereocenters. The number of imidazole rings is 2. The third kappa shape index (κ3) is 8.93. The van der Waals surface area contributed by atoms with Gasteiger partial charge in [0.15, 0.2) is 0 Å². The Bertz CT molecular complexity index is 1910. The Hall–Kier alpha value is -5.05. The number of nitrogens with one attached hydrogen (secondary N) is 4. The maximum absolute atomic E-state index is 13.7. The van der Waals surface area contributed by atoms with E-state index in [1.165, 1.54) is 19.2 Å². The van der Waals surface area contributed by atoms with E-state index in [2.05, 4.69) is 74.2 Å². The van der Waals surface area contributed by atoms with Crippen molar-refractivity contribution in [3.8, 4) is 33.6 Å². The van der Waals surface area contributed by atoms with Gasteiger partial charge in [0.1, 0.15) is 11.6 Å². The van der Waals surface area contributed by atoms with E-state index in [0.717, 1.165) is 83.8 Å². The van der Waals surface area contributed by atoms with Crippen molar-refractivity contribution in [2.75, 3.05) is 20.8 Å². The van der Waals surface area contributed by atoms with E-state index in [-0.39, 0.29) is 41.7 Å². The number of rotatable bonds is 12. The molecule has 2 aromatic carbocycles. The average Bonchev–Trinajstić information content (AvgIpc) is 4.00. The number of nitrogens with zero attached hydrogens (tertiary/aromatic N) is 4. The summed E-state index contributed by atoms with van der Waals surface area (Å²) in [6, 6.07) is 15.6. The normalized spacial score (nSPS) is 19.7. The quantitative estimate of drug-likeness (QED) is 0.0843. The van der Waals surface area contributed by atoms with Crippen LogP contribution in [0.1, 0.15) is 89.8 Å². The molecule has 5 atom stereocenters. The first-order valence-corrected chi connectivity index (χ1v) is 19.2. The molecule has 1 aliphatic heterocycles. The second-order valence-electron chi connectivity index (χ2n) is 15.1. The van der Waals surface area contributed by atoms with E-state index < -0.39 is 18.5 Å². The predicted octanol–water partition coefficient (Wildman–Crippen LogP) is 6.12. The van der Waals surface area contributed by atoms with Crippen molar-refractivity contribution in [2.24, 2.45) is 11.8 Å². The number of methoxy groups -OCH3 is 2. The van der Waals surface area contributed by atoms with Crippen molar-refractivity contribution in [1.29, 1.82) is 0 Å². The van der Waals surface area contributed by atoms with Gasteiger partial charge in [0, 0.05) is 31.5 Å². The van der Waals surface area contributed by atoms with Crippen LogP contribution in [0.4, 0.5) is 4.79 Å². The van der Waals surface area contributed by atoms with Gasteiger partial charge in [-0.05, 0) is 67.7 Å². The Kier molecular flexibility index (Phi) is 12.7. The number of hydrazine groups is 1. The third-order valence-corrected chi connectivity index (χ3v) is 10.8. The van der Waals surface area contributed by atoms with Crippen LogP contribution in [0.5, 0.6) is 0 Å². The zero-order chi connectivity index (χ0) is 39.2. The number of amides is 3. The molecule has 3 amide bonds. The first kappa shape index (κ1) is 39.6. The van der Waals surface area contributed by atoms with Crippen LogP contribution < -0.4 is 10.7 Å². The van der Waals surface area contributed by atoms with Crippen LogP contribution in [0.3, 0.4) is 0 Å². The second kappa shape index (κ2) is 17.6. The van der Waals surface area contributed by atoms with Crippen molar-refractivity contribution in [3.63, 3.8) is 0 Å². The topological polar surface area (TPSA) is 178 Å². The SMILES string of the molecule is COC(=O)NN(C(=O)C1CCCC[C@@H]1c1ncc(-c2ccc(-c3ccc(-c4cnc([C@@H]5CCCN5C(=O)[C@@H](NC(O)OC)C(C)C)[nH]4)cc3)cc2)[nH]1)C(C)C. The number of likely N-dealkylation sites (tertiary alicyclic amines) is 1. The van der Waals surface area contributed by atoms with Gasteiger partial charge >= 0.3 is 6.09 Å². The fourth-order valence-corrected chi connectivity index (χ4v) is 7.79. The van der Waals surface area contributed by atoms with Gasteiger partial charge in [-0.3, -0.25) is 14.9 Å². The highest BCUT2D eigenvalue weighted by molar-refractivity contribution is 5.83. The zero-order valence-electron chi connectivity index (χ0n) is 32.5. The van der Waals surface area contributed by atoms with Gasteiger partial charge in [-0.1, -0.05) is 75.2 Å². The first-order valence-electron chi connectivity index (χ1n) is 19.2. The van der Waals surface area contributed by atoms with Gasteiger partial charge in [-0.15, -0.1) is 0 Å². The van der Waals surface area contributed by atoms with Gasteiger partial charge in [-0.25, -0.2) is 25.2 Å². The number of aromatic nitrogens is 4. The number of aliphatic hydroxyl groups is 1. The van der Waals surface area contributed by atoms with E-state index in [0.29, 0.717) is 6.54 Å². The lowest BCUT2D eigenvalue weighted by molar-refractivity contribution is -0.145. The number of hydrogen-bond donors (Lipinski definition) is 5. The molecular formula is C41H54N8O6. The molecule has 2 aromatic heterocycles. The smallest absolute Gasteiger partial charge is 0.425 e. The van der Waals surface area contributed by atoms with Crippen LogP contribution in [0, 0.1) is 11.8 Å². The Labute approximate surface area is 322 Å². The molecule has 55 heavy (non-hydrogen) atoms. The van der Waals surface area contributed by atoms with Gasteiger partial charge in [-0.2, -0.15) is 0 Å². The van der Waals surface area contributed by atoms with Crippen LogP contribution in [0.25, 0.3) is 33.6 Å². The molecule has 3 heterocycles. The second-order valence-corrected chi connectivity index (χ2v) is 15.1. The fourth-order valence-electron chi connectivity index (χ4n) is 7.79. The highest BCUT2D eigenvalue weighted by Gasteiger charge is 2.39. The summed E-state index contributed by atoms with van der Waals surface area (Å²) in [7, 11) is 2.67. The summed E-state index contributed by atoms with van der Waals surface area (Å²) in [6.07, 6.45) is 6.93. The maximum atomic E-state index is 13.7. The number of carbonyl (C=O) groups is 3. The lowest BCUT2D eigenvalue weighted by Crippen LogP contribution is -2.53. The van der Waals surface area contributed by atoms with Crippen LogP contribution in [0.15, 0.2) is 60.9 Å². The number of hydrogen-bond acceptors (Lipinski definition) is 9. The number of ether oxygens (including phenoxy) is 2. The van der Waals surface area contributed by atoms with Crippen molar-refractivity contribution in [1.82, 2.24) is 40.6 Å². The number of benzene rings is 2. The summed E-state index contributed by atoms with van der Waals surface area (Å²) in [5.41, 5.74) is 8.45. The molecular weight excluding hydrogens is 701 g/mol. The standard InChI is InChI=1S/C41H54N8O6/c1-24(2)35(46-40(52)54-5)39(51)48-21-9-12-34(48)37-43-23-33(45-37)29-19-15-27(16-20-29)26-13-17-28(18-14-26)32-22-42-36(44-32)30-10-7-8-11-31(30)38(50)49(25(3)4)47-41(53)55-6/h13-20,22-25,30-31,34-35,40,46,52H,7-12,21H2,1-6H3,(H,42,44)(H,43,45)(H,47,53)/t30-,31?,34-,35-,40?/m0/s1. The number of H-pyrrole nitrogens is 2. The molecule has 14 heteroatoms. The average molecular weight is 755 g/mol. The Morgan fingerprint density at radius 1 is 0.818 bits per heavy atom. The number of carbonyl (C=O) groups excluding carboxylic acids is 3. The van der Waals surface area contributed by atoms with Gasteiger partial charge < -0.3 is 29.4 Å². The molecule has 0 bridgehead atoms. The van der Waals surface area contributed by atoms with Gasteiger partial charge in [0.25, 0.3) is 0 Å². The van der Waals surface area contributed by atoms with E-state index in [9.17, 15) is 19.5 Å². The minimum absolute atomic E-state index is 0.0434. The van der Waals surface area contributed by atoms with Crippen LogP contribution in [-0.4, -0.2) is 92.1 Å². The van der Waals surface area contributed by atoms with E-state index in [4.69, 9.17) is 14.5 Å². The Balaban J connectivity index is 1.11. The highest BCUT2D eigenvalue weighted by atomic mass is 16.6. The van der Waals surface area contributed by atoms with Crippen molar-refractivity contribution in [2.45, 2.75) is 96.7 Å². The van der Waals surface area contributed by atoms with Crippen LogP contribution in [0.2, 0.25) is 0 Å². The predicted molar refractivity (Wildman–Crippen MR) is 208 cm³/mol. The van der Waals surface area contributed by atoms with Crippen molar-refractivity contribution >= 4 is 17.9 Å². The third-order valence-electron chi connectivity index (χ3n) is 10.8. The number of aliphatic hydroxyl groups excluding tert-OH is 1. The van der Waals surface area contributed by atoms with E-state index >= 15 is 0 Å². The van der Waals surface area contributed by atoms with Crippen molar-refractivity contribution < 1.29 is 29.0 Å². The monoisotopic (exact) mass is 754 g/mol. The highest BCUT2D eigenvalue weighted by Crippen LogP contribution is 2.39. The van der Waals surface area contributed by atoms with E-state index in [1.807, 2.05) is 45.0 Å². The summed E-state index contributed by atoms with van der Waals surface area (Å²) in [6.45, 7) is 8.23. The first-order chi connectivity index (χ1) is 26.5. The minimum atomic E-state index is -1.22. The molecule has 2 fully saturated rings. The summed E-state index contributed by atoms with van der Waals surface area (Å²) in [4.78, 5) is 57.4. The molecule has 1 aliphatic carbocycles. The molecule has 1 saturated carbocycles. The molecule has 6 rings (SSSR count). The molecule has 294 valence electrons. The van der Waals surface area contributed by atoms with E-state index in [1.54, 1.807) is 0 Å². The van der Waals surface area contributed by atoms with Gasteiger partial charge in [0.2, 0.25) is 18.2 Å². The fraction of sp³-hybridized carbons (Fsp3) is 0.488. The van der Waals surface area contributed by atoms with Gasteiger partial charge in [0.05, 0.1) is 43.0 Å². The number of aromatic amines is 2. The lowest BCUT2D eigenvalue weighted by atomic mass is 9.78. The molecule has 0 radical (unpaired) electrons.